The molecule has 1 saturated heterocycles. The molecule has 1 saturated carbocycles. The quantitative estimate of drug-likeness (QED) is 0.530. The van der Waals surface area contributed by atoms with Crippen molar-refractivity contribution in [2.45, 2.75) is 58.2 Å². The van der Waals surface area contributed by atoms with Crippen molar-refractivity contribution >= 4 is 23.7 Å². The van der Waals surface area contributed by atoms with Crippen LogP contribution in [0.3, 0.4) is 0 Å². The van der Waals surface area contributed by atoms with E-state index in [4.69, 9.17) is 4.74 Å². The number of nitrogens with zero attached hydrogens (tertiary/aromatic N) is 1. The number of fused-ring (bicyclic) bond motifs is 1. The monoisotopic (exact) mass is 354 g/mol. The van der Waals surface area contributed by atoms with Gasteiger partial charge in [-0.2, -0.15) is 0 Å². The topological polar surface area (TPSA) is 113 Å². The van der Waals surface area contributed by atoms with Gasteiger partial charge in [-0.25, -0.2) is 4.79 Å². The third-order valence-electron chi connectivity index (χ3n) is 4.41. The van der Waals surface area contributed by atoms with Gasteiger partial charge in [-0.05, 0) is 33.6 Å². The SMILES string of the molecule is CC(C)(C)OC(=O)[C@H](O)CNC(=O)CN1C(=O)[C@@H]2CCCC[C@H]2C1=O. The van der Waals surface area contributed by atoms with Crippen molar-refractivity contribution in [3.05, 3.63) is 0 Å². The van der Waals surface area contributed by atoms with Crippen molar-refractivity contribution in [3.63, 3.8) is 0 Å². The van der Waals surface area contributed by atoms with Crippen LogP contribution in [0.15, 0.2) is 0 Å². The molecular formula is C17H26N2O6. The number of carbonyl (C=O) groups excluding carboxylic acids is 4. The lowest BCUT2D eigenvalue weighted by atomic mass is 9.81. The summed E-state index contributed by atoms with van der Waals surface area (Å²) < 4.78 is 5.00. The second kappa shape index (κ2) is 7.51. The van der Waals surface area contributed by atoms with Gasteiger partial charge in [-0.3, -0.25) is 19.3 Å². The molecule has 2 rings (SSSR count). The molecule has 3 amide bonds. The van der Waals surface area contributed by atoms with Gasteiger partial charge in [0.05, 0.1) is 18.4 Å². The van der Waals surface area contributed by atoms with Crippen LogP contribution in [0.5, 0.6) is 0 Å². The van der Waals surface area contributed by atoms with E-state index >= 15 is 0 Å². The number of ether oxygens (including phenoxy) is 1. The summed E-state index contributed by atoms with van der Waals surface area (Å²) in [5.41, 5.74) is -0.743. The largest absolute Gasteiger partial charge is 0.458 e. The fraction of sp³-hybridized carbons (Fsp3) is 0.765. The zero-order valence-corrected chi connectivity index (χ0v) is 14.9. The Morgan fingerprint density at radius 1 is 1.20 bits per heavy atom. The molecule has 1 aliphatic carbocycles. The summed E-state index contributed by atoms with van der Waals surface area (Å²) in [6, 6.07) is 0. The molecule has 8 heteroatoms. The number of rotatable bonds is 5. The van der Waals surface area contributed by atoms with E-state index in [1.54, 1.807) is 20.8 Å². The molecule has 0 aromatic heterocycles. The molecule has 25 heavy (non-hydrogen) atoms. The molecule has 1 aliphatic heterocycles. The fourth-order valence-corrected chi connectivity index (χ4v) is 3.25. The molecule has 0 unspecified atom stereocenters. The van der Waals surface area contributed by atoms with Crippen LogP contribution in [0.1, 0.15) is 46.5 Å². The van der Waals surface area contributed by atoms with Crippen molar-refractivity contribution in [2.24, 2.45) is 11.8 Å². The highest BCUT2D eigenvalue weighted by Gasteiger charge is 2.48. The van der Waals surface area contributed by atoms with Crippen molar-refractivity contribution < 1.29 is 29.0 Å². The molecule has 0 bridgehead atoms. The average Bonchev–Trinajstić information content (AvgIpc) is 2.76. The maximum atomic E-state index is 12.3. The van der Waals surface area contributed by atoms with E-state index in [1.807, 2.05) is 0 Å². The normalized spacial score (nSPS) is 24.7. The Bertz CT molecular complexity index is 544. The zero-order valence-electron chi connectivity index (χ0n) is 14.9. The van der Waals surface area contributed by atoms with E-state index in [0.29, 0.717) is 12.8 Å². The van der Waals surface area contributed by atoms with Crippen LogP contribution >= 0.6 is 0 Å². The Morgan fingerprint density at radius 3 is 2.20 bits per heavy atom. The minimum atomic E-state index is -1.50. The summed E-state index contributed by atoms with van der Waals surface area (Å²) in [4.78, 5) is 49.2. The van der Waals surface area contributed by atoms with Gasteiger partial charge in [0, 0.05) is 0 Å². The molecule has 0 aromatic rings. The smallest absolute Gasteiger partial charge is 0.337 e. The maximum absolute atomic E-state index is 12.3. The number of carbonyl (C=O) groups is 4. The first kappa shape index (κ1) is 19.4. The van der Waals surface area contributed by atoms with Crippen molar-refractivity contribution in [3.8, 4) is 0 Å². The number of hydrogen-bond acceptors (Lipinski definition) is 6. The molecule has 8 nitrogen and oxygen atoms in total. The Hall–Kier alpha value is -1.96. The molecule has 2 aliphatic rings. The van der Waals surface area contributed by atoms with Gasteiger partial charge in [0.25, 0.3) is 0 Å². The highest BCUT2D eigenvalue weighted by molar-refractivity contribution is 6.07. The van der Waals surface area contributed by atoms with Crippen LogP contribution in [-0.4, -0.2) is 58.5 Å². The fourth-order valence-electron chi connectivity index (χ4n) is 3.25. The van der Waals surface area contributed by atoms with Crippen molar-refractivity contribution in [2.75, 3.05) is 13.1 Å². The van der Waals surface area contributed by atoms with Crippen LogP contribution in [0.25, 0.3) is 0 Å². The van der Waals surface area contributed by atoms with E-state index in [0.717, 1.165) is 17.7 Å². The van der Waals surface area contributed by atoms with E-state index < -0.39 is 23.6 Å². The van der Waals surface area contributed by atoms with Crippen molar-refractivity contribution in [1.82, 2.24) is 10.2 Å². The zero-order chi connectivity index (χ0) is 18.8. The molecule has 140 valence electrons. The number of aliphatic hydroxyl groups excluding tert-OH is 1. The van der Waals surface area contributed by atoms with Gasteiger partial charge in [0.1, 0.15) is 12.1 Å². The third-order valence-corrected chi connectivity index (χ3v) is 4.41. The summed E-state index contributed by atoms with van der Waals surface area (Å²) >= 11 is 0. The number of esters is 1. The Balaban J connectivity index is 1.83. The number of hydrogen-bond donors (Lipinski definition) is 2. The summed E-state index contributed by atoms with van der Waals surface area (Å²) in [5.74, 6) is -2.63. The minimum absolute atomic E-state index is 0.294. The first-order valence-corrected chi connectivity index (χ1v) is 8.63. The molecule has 2 N–H and O–H groups in total. The summed E-state index contributed by atoms with van der Waals surface area (Å²) in [5, 5.41) is 12.1. The predicted octanol–water partition coefficient (Wildman–Crippen LogP) is -0.0196. The number of imide groups is 1. The van der Waals surface area contributed by atoms with Gasteiger partial charge in [-0.1, -0.05) is 12.8 Å². The molecule has 0 aromatic carbocycles. The van der Waals surface area contributed by atoms with E-state index in [-0.39, 0.29) is 36.7 Å². The van der Waals surface area contributed by atoms with Crippen LogP contribution in [-0.2, 0) is 23.9 Å². The van der Waals surface area contributed by atoms with E-state index in [2.05, 4.69) is 5.32 Å². The maximum Gasteiger partial charge on any atom is 0.337 e. The molecule has 1 heterocycles. The number of likely N-dealkylation sites (tertiary alicyclic amines) is 1. The van der Waals surface area contributed by atoms with Crippen LogP contribution in [0.2, 0.25) is 0 Å². The first-order chi connectivity index (χ1) is 11.6. The van der Waals surface area contributed by atoms with Crippen LogP contribution in [0, 0.1) is 11.8 Å². The number of amides is 3. The predicted molar refractivity (Wildman–Crippen MR) is 87.0 cm³/mol. The molecule has 3 atom stereocenters. The van der Waals surface area contributed by atoms with Gasteiger partial charge < -0.3 is 15.2 Å². The lowest BCUT2D eigenvalue weighted by Crippen LogP contribution is -2.45. The van der Waals surface area contributed by atoms with Crippen LogP contribution < -0.4 is 5.32 Å². The summed E-state index contributed by atoms with van der Waals surface area (Å²) in [6.07, 6.45) is 1.70. The Morgan fingerprint density at radius 2 is 1.72 bits per heavy atom. The Labute approximate surface area is 146 Å². The van der Waals surface area contributed by atoms with Gasteiger partial charge in [0.2, 0.25) is 17.7 Å². The van der Waals surface area contributed by atoms with Gasteiger partial charge in [-0.15, -0.1) is 0 Å². The van der Waals surface area contributed by atoms with Gasteiger partial charge >= 0.3 is 5.97 Å². The standard InChI is InChI=1S/C17H26N2O6/c1-17(2,3)25-16(24)12(20)8-18-13(21)9-19-14(22)10-6-4-5-7-11(10)15(19)23/h10-12,20H,4-9H2,1-3H3,(H,18,21)/t10-,11-,12-/m1/s1. The lowest BCUT2D eigenvalue weighted by Gasteiger charge is -2.22. The average molecular weight is 354 g/mol. The Kier molecular flexibility index (Phi) is 5.82. The lowest BCUT2D eigenvalue weighted by molar-refractivity contribution is -0.164. The minimum Gasteiger partial charge on any atom is -0.458 e. The second-order valence-electron chi connectivity index (χ2n) is 7.61. The summed E-state index contributed by atoms with van der Waals surface area (Å²) in [7, 11) is 0. The van der Waals surface area contributed by atoms with Crippen molar-refractivity contribution in [1.29, 1.82) is 0 Å². The first-order valence-electron chi connectivity index (χ1n) is 8.63. The summed E-state index contributed by atoms with van der Waals surface area (Å²) in [6.45, 7) is 4.28. The van der Waals surface area contributed by atoms with Gasteiger partial charge in [0.15, 0.2) is 6.10 Å². The van der Waals surface area contributed by atoms with E-state index in [1.165, 1.54) is 0 Å². The van der Waals surface area contributed by atoms with E-state index in [9.17, 15) is 24.3 Å². The highest BCUT2D eigenvalue weighted by atomic mass is 16.6. The molecule has 0 spiro atoms. The third kappa shape index (κ3) is 4.78. The molecule has 0 radical (unpaired) electrons. The van der Waals surface area contributed by atoms with Crippen LogP contribution in [0.4, 0.5) is 0 Å². The molecule has 2 fully saturated rings. The highest BCUT2D eigenvalue weighted by Crippen LogP contribution is 2.37. The second-order valence-corrected chi connectivity index (χ2v) is 7.61. The molecular weight excluding hydrogens is 328 g/mol. The number of aliphatic hydroxyl groups is 1. The number of nitrogens with one attached hydrogen (secondary N) is 1.